The molecule has 0 aliphatic heterocycles. The topological polar surface area (TPSA) is 92.7 Å². The summed E-state index contributed by atoms with van der Waals surface area (Å²) in [7, 11) is 0. The van der Waals surface area contributed by atoms with Crippen LogP contribution in [0.3, 0.4) is 0 Å². The highest BCUT2D eigenvalue weighted by molar-refractivity contribution is 6.30. The Kier molecular flexibility index (Phi) is 10.4. The van der Waals surface area contributed by atoms with Crippen LogP contribution in [0.2, 0.25) is 5.02 Å². The molecule has 1 aromatic rings. The van der Waals surface area contributed by atoms with E-state index in [1.807, 2.05) is 38.1 Å². The zero-order valence-electron chi connectivity index (χ0n) is 33.3. The number of esters is 1. The van der Waals surface area contributed by atoms with Crippen LogP contribution in [-0.4, -0.2) is 29.1 Å². The maximum absolute atomic E-state index is 13.8. The first-order valence-corrected chi connectivity index (χ1v) is 20.6. The minimum Gasteiger partial charge on any atom is -0.481 e. The average Bonchev–Trinajstić information content (AvgIpc) is 3.40. The maximum atomic E-state index is 13.8. The van der Waals surface area contributed by atoms with Gasteiger partial charge in [-0.25, -0.2) is 0 Å². The van der Waals surface area contributed by atoms with Crippen molar-refractivity contribution in [3.63, 3.8) is 0 Å². The van der Waals surface area contributed by atoms with Crippen LogP contribution in [0.5, 0.6) is 0 Å². The summed E-state index contributed by atoms with van der Waals surface area (Å²) < 4.78 is 6.28. The van der Waals surface area contributed by atoms with E-state index >= 15 is 0 Å². The number of carboxylic acid groups (broad SMARTS) is 1. The number of carbonyl (C=O) groups is 3. The Morgan fingerprint density at radius 2 is 1.65 bits per heavy atom. The molecule has 5 saturated carbocycles. The number of nitrogens with one attached hydrogen (secondary N) is 1. The molecule has 2 N–H and O–H groups in total. The Balaban J connectivity index is 1.21. The molecule has 52 heavy (non-hydrogen) atoms. The van der Waals surface area contributed by atoms with Crippen molar-refractivity contribution in [1.82, 2.24) is 5.32 Å². The molecule has 1 amide bonds. The second kappa shape index (κ2) is 13.7. The zero-order valence-corrected chi connectivity index (χ0v) is 34.1. The van der Waals surface area contributed by atoms with Crippen molar-refractivity contribution >= 4 is 29.4 Å². The molecule has 6 nitrogen and oxygen atoms in total. The van der Waals surface area contributed by atoms with Gasteiger partial charge in [0.25, 0.3) is 0 Å². The number of ether oxygens (including phenoxy) is 1. The third-order valence-corrected chi connectivity index (χ3v) is 16.8. The predicted molar refractivity (Wildman–Crippen MR) is 207 cm³/mol. The molecular formula is C45H66ClNO5. The van der Waals surface area contributed by atoms with Crippen LogP contribution in [-0.2, 0) is 25.7 Å². The van der Waals surface area contributed by atoms with Gasteiger partial charge in [-0.1, -0.05) is 84.4 Å². The number of aliphatic carboxylic acids is 1. The number of allylic oxidation sites excluding steroid dienone is 1. The van der Waals surface area contributed by atoms with E-state index < -0.39 is 11.4 Å². The first kappa shape index (κ1) is 39.4. The standard InChI is InChI=1S/C45H66ClNO5/c1-28(2)31-15-20-45(24-36(48)47-27-29-11-10-12-30(46)23-29)22-21-43(8)32(39(31)45)13-14-34-42(7)18-17-35(41(5,6)33(42)16-19-44(34,43)9)52-38(51)26-40(3,4)25-37(49)50/h10-12,23,31-35,39H,1,13-22,24-27H2,2-9H3,(H,47,48)(H,49,50)/t31-,32+,33-,34+,35-,39+,42-,43+,44+,45+/m0/s1. The molecule has 0 heterocycles. The van der Waals surface area contributed by atoms with Crippen molar-refractivity contribution in [3.05, 3.63) is 47.0 Å². The number of amides is 1. The van der Waals surface area contributed by atoms with Crippen LogP contribution in [0.25, 0.3) is 0 Å². The minimum atomic E-state index is -0.887. The summed E-state index contributed by atoms with van der Waals surface area (Å²) in [6, 6.07) is 7.76. The van der Waals surface area contributed by atoms with E-state index in [-0.39, 0.29) is 57.9 Å². The van der Waals surface area contributed by atoms with Gasteiger partial charge in [0, 0.05) is 23.4 Å². The summed E-state index contributed by atoms with van der Waals surface area (Å²) in [4.78, 5) is 38.4. The number of benzene rings is 1. The Labute approximate surface area is 318 Å². The predicted octanol–water partition coefficient (Wildman–Crippen LogP) is 10.8. The molecule has 0 aromatic heterocycles. The Morgan fingerprint density at radius 1 is 0.923 bits per heavy atom. The molecule has 5 aliphatic carbocycles. The largest absolute Gasteiger partial charge is 0.481 e. The highest BCUT2D eigenvalue weighted by atomic mass is 35.5. The number of fused-ring (bicyclic) bond motifs is 7. The van der Waals surface area contributed by atoms with E-state index in [4.69, 9.17) is 16.3 Å². The van der Waals surface area contributed by atoms with Gasteiger partial charge in [0.05, 0.1) is 12.8 Å². The third-order valence-electron chi connectivity index (χ3n) is 16.6. The van der Waals surface area contributed by atoms with E-state index in [9.17, 15) is 19.5 Å². The van der Waals surface area contributed by atoms with Crippen LogP contribution in [0, 0.1) is 62.1 Å². The monoisotopic (exact) mass is 735 g/mol. The van der Waals surface area contributed by atoms with Crippen LogP contribution in [0.15, 0.2) is 36.4 Å². The lowest BCUT2D eigenvalue weighted by Gasteiger charge is -2.73. The third kappa shape index (κ3) is 6.68. The fourth-order valence-corrected chi connectivity index (χ4v) is 14.3. The van der Waals surface area contributed by atoms with Gasteiger partial charge in [0.1, 0.15) is 6.10 Å². The maximum Gasteiger partial charge on any atom is 0.306 e. The molecule has 5 fully saturated rings. The summed E-state index contributed by atoms with van der Waals surface area (Å²) in [5.41, 5.74) is 2.03. The first-order chi connectivity index (χ1) is 24.2. The fraction of sp³-hybridized carbons (Fsp3) is 0.756. The molecule has 0 bridgehead atoms. The molecule has 0 spiro atoms. The van der Waals surface area contributed by atoms with Gasteiger partial charge in [0.15, 0.2) is 0 Å². The van der Waals surface area contributed by atoms with Crippen LogP contribution < -0.4 is 5.32 Å². The van der Waals surface area contributed by atoms with Crippen molar-refractivity contribution < 1.29 is 24.2 Å². The molecule has 6 rings (SSSR count). The summed E-state index contributed by atoms with van der Waals surface area (Å²) in [5, 5.41) is 13.3. The number of rotatable bonds is 10. The molecule has 5 aliphatic rings. The second-order valence-corrected chi connectivity index (χ2v) is 20.8. The van der Waals surface area contributed by atoms with Crippen molar-refractivity contribution in [2.45, 2.75) is 152 Å². The fourth-order valence-electron chi connectivity index (χ4n) is 14.1. The number of hydrogen-bond acceptors (Lipinski definition) is 4. The minimum absolute atomic E-state index is 0.0134. The summed E-state index contributed by atoms with van der Waals surface area (Å²) in [6.07, 6.45) is 11.6. The van der Waals surface area contributed by atoms with Gasteiger partial charge in [-0.05, 0) is 145 Å². The van der Waals surface area contributed by atoms with Gasteiger partial charge in [-0.2, -0.15) is 0 Å². The number of hydrogen-bond donors (Lipinski definition) is 2. The molecule has 0 unspecified atom stereocenters. The van der Waals surface area contributed by atoms with Crippen molar-refractivity contribution in [2.75, 3.05) is 0 Å². The lowest BCUT2D eigenvalue weighted by Crippen LogP contribution is -2.67. The molecule has 0 saturated heterocycles. The van der Waals surface area contributed by atoms with E-state index in [0.717, 1.165) is 44.1 Å². The SMILES string of the molecule is C=C(C)[C@@H]1CC[C@]2(CC(=O)NCc3cccc(Cl)c3)CC[C@]3(C)[C@H](CC[C@@H]4[C@@]5(C)CC[C@H](OC(=O)CC(C)(C)CC(=O)O)C(C)(C)[C@@H]5CC[C@]43C)[C@@H]12. The van der Waals surface area contributed by atoms with Gasteiger partial charge in [-0.15, -0.1) is 0 Å². The molecule has 10 atom stereocenters. The van der Waals surface area contributed by atoms with Crippen LogP contribution >= 0.6 is 11.6 Å². The molecule has 7 heteroatoms. The molecule has 288 valence electrons. The summed E-state index contributed by atoms with van der Waals surface area (Å²) in [6.45, 7) is 23.5. The van der Waals surface area contributed by atoms with Gasteiger partial charge in [0.2, 0.25) is 5.91 Å². The van der Waals surface area contributed by atoms with E-state index in [2.05, 4.69) is 53.4 Å². The zero-order chi connectivity index (χ0) is 38.1. The normalized spacial score (nSPS) is 39.2. The number of carbonyl (C=O) groups excluding carboxylic acids is 2. The number of halogens is 1. The lowest BCUT2D eigenvalue weighted by molar-refractivity contribution is -0.250. The van der Waals surface area contributed by atoms with Crippen LogP contribution in [0.1, 0.15) is 144 Å². The highest BCUT2D eigenvalue weighted by Gasteiger charge is 2.71. The van der Waals surface area contributed by atoms with E-state index in [1.165, 1.54) is 31.3 Å². The van der Waals surface area contributed by atoms with Gasteiger partial charge in [-0.3, -0.25) is 14.4 Å². The van der Waals surface area contributed by atoms with Crippen LogP contribution in [0.4, 0.5) is 0 Å². The van der Waals surface area contributed by atoms with Crippen molar-refractivity contribution in [3.8, 4) is 0 Å². The van der Waals surface area contributed by atoms with Crippen molar-refractivity contribution in [2.24, 2.45) is 62.1 Å². The quantitative estimate of drug-likeness (QED) is 0.184. The summed E-state index contributed by atoms with van der Waals surface area (Å²) in [5.74, 6) is 1.53. The molecule has 1 aromatic carbocycles. The first-order valence-electron chi connectivity index (χ1n) is 20.3. The van der Waals surface area contributed by atoms with Gasteiger partial charge < -0.3 is 15.2 Å². The Morgan fingerprint density at radius 3 is 2.33 bits per heavy atom. The summed E-state index contributed by atoms with van der Waals surface area (Å²) >= 11 is 6.23. The van der Waals surface area contributed by atoms with Crippen molar-refractivity contribution in [1.29, 1.82) is 0 Å². The highest BCUT2D eigenvalue weighted by Crippen LogP contribution is 2.78. The Hall–Kier alpha value is -2.34. The average molecular weight is 736 g/mol. The molecular weight excluding hydrogens is 670 g/mol. The van der Waals surface area contributed by atoms with E-state index in [1.54, 1.807) is 0 Å². The number of carboxylic acids is 1. The Bertz CT molecular complexity index is 1580. The van der Waals surface area contributed by atoms with E-state index in [0.29, 0.717) is 47.6 Å². The molecule has 0 radical (unpaired) electrons. The smallest absolute Gasteiger partial charge is 0.306 e. The lowest BCUT2D eigenvalue weighted by atomic mass is 9.32. The second-order valence-electron chi connectivity index (χ2n) is 20.4. The van der Waals surface area contributed by atoms with Gasteiger partial charge >= 0.3 is 11.9 Å².